The number of nitrogens with zero attached hydrogens (tertiary/aromatic N) is 2. The van der Waals surface area contributed by atoms with E-state index in [0.717, 1.165) is 36.3 Å². The lowest BCUT2D eigenvalue weighted by atomic mass is 9.87. The van der Waals surface area contributed by atoms with Gasteiger partial charge in [-0.15, -0.1) is 6.42 Å². The van der Waals surface area contributed by atoms with E-state index in [4.69, 9.17) is 6.42 Å². The van der Waals surface area contributed by atoms with E-state index in [2.05, 4.69) is 29.7 Å². The Morgan fingerprint density at radius 1 is 1.35 bits per heavy atom. The number of terminal acetylenes is 1. The monoisotopic (exact) mass is 228 g/mol. The maximum Gasteiger partial charge on any atom is 0.128 e. The molecule has 90 valence electrons. The largest absolute Gasteiger partial charge is 0.357 e. The second-order valence-electron chi connectivity index (χ2n) is 5.12. The fourth-order valence-corrected chi connectivity index (χ4v) is 2.45. The fourth-order valence-electron chi connectivity index (χ4n) is 2.45. The van der Waals surface area contributed by atoms with Crippen molar-refractivity contribution in [2.24, 2.45) is 11.8 Å². The van der Waals surface area contributed by atoms with Crippen molar-refractivity contribution >= 4 is 5.82 Å². The van der Waals surface area contributed by atoms with Crippen LogP contribution in [-0.4, -0.2) is 18.1 Å². The van der Waals surface area contributed by atoms with Crippen LogP contribution in [0.3, 0.4) is 0 Å². The average Bonchev–Trinajstić information content (AvgIpc) is 2.39. The highest BCUT2D eigenvalue weighted by molar-refractivity contribution is 5.42. The molecule has 0 radical (unpaired) electrons. The molecule has 2 rings (SSSR count). The van der Waals surface area contributed by atoms with Gasteiger partial charge in [-0.05, 0) is 36.8 Å². The van der Waals surface area contributed by atoms with Gasteiger partial charge in [0.15, 0.2) is 0 Å². The van der Waals surface area contributed by atoms with Crippen LogP contribution in [0.2, 0.25) is 0 Å². The van der Waals surface area contributed by atoms with Crippen LogP contribution < -0.4 is 4.90 Å². The van der Waals surface area contributed by atoms with Gasteiger partial charge in [0, 0.05) is 24.8 Å². The number of pyridine rings is 1. The zero-order valence-electron chi connectivity index (χ0n) is 10.7. The summed E-state index contributed by atoms with van der Waals surface area (Å²) in [7, 11) is 0. The predicted molar refractivity (Wildman–Crippen MR) is 71.9 cm³/mol. The van der Waals surface area contributed by atoms with E-state index in [1.54, 1.807) is 6.20 Å². The van der Waals surface area contributed by atoms with Gasteiger partial charge in [0.05, 0.1) is 0 Å². The molecule has 0 saturated carbocycles. The first-order chi connectivity index (χ1) is 8.20. The zero-order valence-corrected chi connectivity index (χ0v) is 10.7. The van der Waals surface area contributed by atoms with Crippen LogP contribution in [0, 0.1) is 24.2 Å². The van der Waals surface area contributed by atoms with Crippen molar-refractivity contribution in [3.8, 4) is 12.3 Å². The summed E-state index contributed by atoms with van der Waals surface area (Å²) in [6, 6.07) is 4.00. The van der Waals surface area contributed by atoms with Crippen molar-refractivity contribution in [2.45, 2.75) is 26.7 Å². The Balaban J connectivity index is 1.98. The van der Waals surface area contributed by atoms with Crippen molar-refractivity contribution < 1.29 is 0 Å². The number of hydrogen-bond donors (Lipinski definition) is 0. The lowest BCUT2D eigenvalue weighted by Gasteiger charge is -2.34. The quantitative estimate of drug-likeness (QED) is 0.723. The number of rotatable bonds is 2. The minimum Gasteiger partial charge on any atom is -0.357 e. The van der Waals surface area contributed by atoms with Crippen molar-refractivity contribution in [2.75, 3.05) is 18.0 Å². The van der Waals surface area contributed by atoms with E-state index in [0.29, 0.717) is 0 Å². The zero-order chi connectivity index (χ0) is 12.3. The molecule has 0 bridgehead atoms. The van der Waals surface area contributed by atoms with Crippen LogP contribution in [0.4, 0.5) is 5.82 Å². The van der Waals surface area contributed by atoms with Gasteiger partial charge in [0.25, 0.3) is 0 Å². The number of anilines is 1. The third kappa shape index (κ3) is 2.79. The fraction of sp³-hybridized carbons (Fsp3) is 0.533. The molecule has 1 aliphatic heterocycles. The third-order valence-electron chi connectivity index (χ3n) is 3.72. The van der Waals surface area contributed by atoms with Crippen LogP contribution in [0.25, 0.3) is 0 Å². The van der Waals surface area contributed by atoms with Crippen LogP contribution in [0.5, 0.6) is 0 Å². The van der Waals surface area contributed by atoms with Crippen molar-refractivity contribution in [3.05, 3.63) is 23.9 Å². The van der Waals surface area contributed by atoms with E-state index in [9.17, 15) is 0 Å². The maximum atomic E-state index is 5.33. The molecular formula is C15H20N2. The summed E-state index contributed by atoms with van der Waals surface area (Å²) in [5, 5.41) is 0. The molecule has 1 aliphatic rings. The molecule has 2 heterocycles. The smallest absolute Gasteiger partial charge is 0.128 e. The molecule has 1 aromatic heterocycles. The summed E-state index contributed by atoms with van der Waals surface area (Å²) in [4.78, 5) is 6.79. The standard InChI is InChI=1S/C15H20N2/c1-4-13-5-6-15(16-11-13)17-9-7-14(8-10-17)12(2)3/h1,5-6,11-12,14H,7-10H2,2-3H3. The van der Waals surface area contributed by atoms with E-state index in [-0.39, 0.29) is 0 Å². The predicted octanol–water partition coefficient (Wildman–Crippen LogP) is 2.94. The number of aromatic nitrogens is 1. The first-order valence-corrected chi connectivity index (χ1v) is 6.38. The summed E-state index contributed by atoms with van der Waals surface area (Å²) in [5.41, 5.74) is 0.853. The van der Waals surface area contributed by atoms with Gasteiger partial charge in [-0.1, -0.05) is 19.8 Å². The molecule has 0 N–H and O–H groups in total. The van der Waals surface area contributed by atoms with E-state index in [1.807, 2.05) is 12.1 Å². The normalized spacial score (nSPS) is 17.2. The van der Waals surface area contributed by atoms with Crippen LogP contribution in [0.1, 0.15) is 32.3 Å². The summed E-state index contributed by atoms with van der Waals surface area (Å²) in [6.45, 7) is 6.87. The minimum atomic E-state index is 0.800. The van der Waals surface area contributed by atoms with Gasteiger partial charge in [-0.2, -0.15) is 0 Å². The summed E-state index contributed by atoms with van der Waals surface area (Å²) in [5.74, 6) is 5.33. The van der Waals surface area contributed by atoms with Crippen LogP contribution in [-0.2, 0) is 0 Å². The third-order valence-corrected chi connectivity index (χ3v) is 3.72. The van der Waals surface area contributed by atoms with Crippen molar-refractivity contribution in [1.29, 1.82) is 0 Å². The van der Waals surface area contributed by atoms with Crippen LogP contribution in [0.15, 0.2) is 18.3 Å². The van der Waals surface area contributed by atoms with Crippen molar-refractivity contribution in [3.63, 3.8) is 0 Å². The summed E-state index contributed by atoms with van der Waals surface area (Å²) < 4.78 is 0. The van der Waals surface area contributed by atoms with Gasteiger partial charge in [-0.25, -0.2) is 4.98 Å². The molecule has 2 heteroatoms. The summed E-state index contributed by atoms with van der Waals surface area (Å²) >= 11 is 0. The number of piperidine rings is 1. The molecule has 2 nitrogen and oxygen atoms in total. The lowest BCUT2D eigenvalue weighted by molar-refractivity contribution is 0.310. The molecule has 0 atom stereocenters. The Kier molecular flexibility index (Phi) is 3.68. The minimum absolute atomic E-state index is 0.800. The van der Waals surface area contributed by atoms with E-state index in [1.165, 1.54) is 12.8 Å². The second kappa shape index (κ2) is 5.23. The first-order valence-electron chi connectivity index (χ1n) is 6.38. The molecule has 1 saturated heterocycles. The van der Waals surface area contributed by atoms with Gasteiger partial charge in [0.2, 0.25) is 0 Å². The molecule has 1 fully saturated rings. The summed E-state index contributed by atoms with van der Waals surface area (Å²) in [6.07, 6.45) is 9.66. The Morgan fingerprint density at radius 3 is 2.53 bits per heavy atom. The highest BCUT2D eigenvalue weighted by atomic mass is 15.2. The Morgan fingerprint density at radius 2 is 2.06 bits per heavy atom. The van der Waals surface area contributed by atoms with E-state index >= 15 is 0 Å². The Hall–Kier alpha value is -1.49. The lowest BCUT2D eigenvalue weighted by Crippen LogP contribution is -2.35. The second-order valence-corrected chi connectivity index (χ2v) is 5.12. The molecule has 0 aliphatic carbocycles. The molecule has 0 amide bonds. The number of hydrogen-bond acceptors (Lipinski definition) is 2. The topological polar surface area (TPSA) is 16.1 Å². The van der Waals surface area contributed by atoms with Gasteiger partial charge < -0.3 is 4.90 Å². The molecule has 1 aromatic rings. The van der Waals surface area contributed by atoms with Crippen LogP contribution >= 0.6 is 0 Å². The van der Waals surface area contributed by atoms with E-state index < -0.39 is 0 Å². The Labute approximate surface area is 104 Å². The molecule has 17 heavy (non-hydrogen) atoms. The van der Waals surface area contributed by atoms with Crippen molar-refractivity contribution in [1.82, 2.24) is 4.98 Å². The van der Waals surface area contributed by atoms with Gasteiger partial charge in [0.1, 0.15) is 5.82 Å². The molecule has 0 spiro atoms. The molecule has 0 unspecified atom stereocenters. The molecular weight excluding hydrogens is 208 g/mol. The highest BCUT2D eigenvalue weighted by Gasteiger charge is 2.21. The van der Waals surface area contributed by atoms with Gasteiger partial charge in [-0.3, -0.25) is 0 Å². The SMILES string of the molecule is C#Cc1ccc(N2CCC(C(C)C)CC2)nc1. The average molecular weight is 228 g/mol. The maximum absolute atomic E-state index is 5.33. The molecule has 0 aromatic carbocycles. The first kappa shape index (κ1) is 12.0. The van der Waals surface area contributed by atoms with Gasteiger partial charge >= 0.3 is 0 Å². The Bertz CT molecular complexity index is 392. The highest BCUT2D eigenvalue weighted by Crippen LogP contribution is 2.26.